The fourth-order valence-electron chi connectivity index (χ4n) is 3.98. The van der Waals surface area contributed by atoms with Crippen molar-refractivity contribution in [1.29, 1.82) is 0 Å². The van der Waals surface area contributed by atoms with E-state index in [1.54, 1.807) is 19.1 Å². The average molecular weight is 403 g/mol. The van der Waals surface area contributed by atoms with Gasteiger partial charge in [-0.1, -0.05) is 84.3 Å². The molecule has 2 atom stereocenters. The van der Waals surface area contributed by atoms with Crippen LogP contribution in [0.3, 0.4) is 0 Å². The summed E-state index contributed by atoms with van der Waals surface area (Å²) in [5.74, 6) is 3.06. The molecule has 1 aromatic carbocycles. The van der Waals surface area contributed by atoms with Crippen LogP contribution in [0.15, 0.2) is 23.8 Å². The normalized spacial score (nSPS) is 14.4. The molecule has 0 aliphatic heterocycles. The van der Waals surface area contributed by atoms with Gasteiger partial charge in [0.15, 0.2) is 0 Å². The van der Waals surface area contributed by atoms with E-state index in [2.05, 4.69) is 40.7 Å². The third-order valence-electron chi connectivity index (χ3n) is 6.21. The van der Waals surface area contributed by atoms with Crippen LogP contribution in [-0.2, 0) is 6.42 Å². The first-order valence-corrected chi connectivity index (χ1v) is 11.9. The van der Waals surface area contributed by atoms with Crippen LogP contribution in [0.5, 0.6) is 11.5 Å². The second-order valence-electron chi connectivity index (χ2n) is 9.88. The van der Waals surface area contributed by atoms with E-state index < -0.39 is 0 Å². The molecule has 29 heavy (non-hydrogen) atoms. The SMILES string of the molecule is CC(=CCc1cc(O)c(C)cc1O)CCC[C@H](C)CCC[C@H](C)CCCC(C)C. The van der Waals surface area contributed by atoms with Crippen molar-refractivity contribution in [2.45, 2.75) is 106 Å². The molecule has 2 heteroatoms. The van der Waals surface area contributed by atoms with Crippen molar-refractivity contribution in [1.82, 2.24) is 0 Å². The second kappa shape index (κ2) is 13.7. The Hall–Kier alpha value is -1.44. The molecule has 0 spiro atoms. The second-order valence-corrected chi connectivity index (χ2v) is 9.88. The number of aromatic hydroxyl groups is 2. The Balaban J connectivity index is 2.20. The molecule has 0 aliphatic rings. The number of allylic oxidation sites excluding steroid dienone is 2. The van der Waals surface area contributed by atoms with Gasteiger partial charge in [0, 0.05) is 5.56 Å². The fourth-order valence-corrected chi connectivity index (χ4v) is 3.98. The minimum atomic E-state index is 0.256. The summed E-state index contributed by atoms with van der Waals surface area (Å²) in [5.41, 5.74) is 2.88. The van der Waals surface area contributed by atoms with Crippen molar-refractivity contribution in [3.05, 3.63) is 34.9 Å². The van der Waals surface area contributed by atoms with Gasteiger partial charge in [0.2, 0.25) is 0 Å². The van der Waals surface area contributed by atoms with Crippen LogP contribution in [0, 0.1) is 24.7 Å². The van der Waals surface area contributed by atoms with Gasteiger partial charge in [0.1, 0.15) is 11.5 Å². The summed E-state index contributed by atoms with van der Waals surface area (Å²) < 4.78 is 0. The lowest BCUT2D eigenvalue weighted by Crippen LogP contribution is -2.00. The number of phenolic OH excluding ortho intramolecular Hbond substituents is 2. The molecule has 1 aromatic rings. The van der Waals surface area contributed by atoms with Gasteiger partial charge in [-0.15, -0.1) is 0 Å². The Morgan fingerprint density at radius 1 is 0.828 bits per heavy atom. The largest absolute Gasteiger partial charge is 0.508 e. The number of rotatable bonds is 14. The molecule has 0 heterocycles. The molecule has 0 aliphatic carbocycles. The molecule has 0 saturated heterocycles. The van der Waals surface area contributed by atoms with Crippen molar-refractivity contribution in [2.75, 3.05) is 0 Å². The molecule has 0 radical (unpaired) electrons. The number of hydrogen-bond acceptors (Lipinski definition) is 2. The molecule has 1 rings (SSSR count). The summed E-state index contributed by atoms with van der Waals surface area (Å²) in [4.78, 5) is 0. The van der Waals surface area contributed by atoms with Crippen LogP contribution in [0.1, 0.15) is 104 Å². The van der Waals surface area contributed by atoms with Gasteiger partial charge in [0.25, 0.3) is 0 Å². The van der Waals surface area contributed by atoms with Crippen LogP contribution in [-0.4, -0.2) is 10.2 Å². The van der Waals surface area contributed by atoms with E-state index in [9.17, 15) is 10.2 Å². The Morgan fingerprint density at radius 3 is 1.97 bits per heavy atom. The van der Waals surface area contributed by atoms with E-state index in [-0.39, 0.29) is 11.5 Å². The Bertz CT molecular complexity index is 615. The van der Waals surface area contributed by atoms with Crippen molar-refractivity contribution >= 4 is 0 Å². The van der Waals surface area contributed by atoms with E-state index in [0.717, 1.165) is 29.7 Å². The quantitative estimate of drug-likeness (QED) is 0.242. The third kappa shape index (κ3) is 11.4. The summed E-state index contributed by atoms with van der Waals surface area (Å²) in [6.07, 6.45) is 14.8. The summed E-state index contributed by atoms with van der Waals surface area (Å²) in [6.45, 7) is 13.4. The van der Waals surface area contributed by atoms with Gasteiger partial charge in [-0.05, 0) is 68.6 Å². The van der Waals surface area contributed by atoms with E-state index in [4.69, 9.17) is 0 Å². The molecule has 166 valence electrons. The molecule has 0 amide bonds. The highest BCUT2D eigenvalue weighted by atomic mass is 16.3. The van der Waals surface area contributed by atoms with Crippen molar-refractivity contribution in [3.8, 4) is 11.5 Å². The minimum Gasteiger partial charge on any atom is -0.508 e. The highest BCUT2D eigenvalue weighted by Gasteiger charge is 2.07. The lowest BCUT2D eigenvalue weighted by atomic mass is 9.91. The third-order valence-corrected chi connectivity index (χ3v) is 6.21. The zero-order valence-corrected chi connectivity index (χ0v) is 19.9. The molecule has 0 aromatic heterocycles. The van der Waals surface area contributed by atoms with Gasteiger partial charge in [-0.3, -0.25) is 0 Å². The van der Waals surface area contributed by atoms with Gasteiger partial charge in [-0.25, -0.2) is 0 Å². The van der Waals surface area contributed by atoms with Crippen molar-refractivity contribution < 1.29 is 10.2 Å². The highest BCUT2D eigenvalue weighted by Crippen LogP contribution is 2.27. The smallest absolute Gasteiger partial charge is 0.119 e. The first-order chi connectivity index (χ1) is 13.7. The first-order valence-electron chi connectivity index (χ1n) is 11.9. The van der Waals surface area contributed by atoms with E-state index in [1.807, 2.05) is 0 Å². The summed E-state index contributed by atoms with van der Waals surface area (Å²) in [5, 5.41) is 19.9. The van der Waals surface area contributed by atoms with E-state index in [1.165, 1.54) is 56.9 Å². The van der Waals surface area contributed by atoms with Gasteiger partial charge in [0.05, 0.1) is 0 Å². The molecule has 0 fully saturated rings. The Labute approximate surface area is 180 Å². The van der Waals surface area contributed by atoms with Crippen LogP contribution < -0.4 is 0 Å². The fraction of sp³-hybridized carbons (Fsp3) is 0.704. The maximum absolute atomic E-state index is 10.0. The first kappa shape index (κ1) is 25.6. The van der Waals surface area contributed by atoms with Crippen LogP contribution in [0.2, 0.25) is 0 Å². The monoisotopic (exact) mass is 402 g/mol. The molecule has 0 bridgehead atoms. The van der Waals surface area contributed by atoms with Crippen LogP contribution >= 0.6 is 0 Å². The minimum absolute atomic E-state index is 0.256. The highest BCUT2D eigenvalue weighted by molar-refractivity contribution is 5.45. The zero-order chi connectivity index (χ0) is 21.8. The molecule has 0 unspecified atom stereocenters. The summed E-state index contributed by atoms with van der Waals surface area (Å²) in [7, 11) is 0. The lowest BCUT2D eigenvalue weighted by molar-refractivity contribution is 0.389. The average Bonchev–Trinajstić information content (AvgIpc) is 2.63. The van der Waals surface area contributed by atoms with Gasteiger partial charge in [-0.2, -0.15) is 0 Å². The Morgan fingerprint density at radius 2 is 1.38 bits per heavy atom. The molecule has 2 N–H and O–H groups in total. The van der Waals surface area contributed by atoms with Gasteiger partial charge >= 0.3 is 0 Å². The standard InChI is InChI=1S/C27H46O2/c1-20(2)10-7-11-21(3)12-8-13-22(4)14-9-15-23(5)16-17-25-19-26(28)24(6)18-27(25)29/h16,18-22,28-29H,7-15,17H2,1-6H3/t21-,22-/m1/s1. The van der Waals surface area contributed by atoms with Crippen LogP contribution in [0.25, 0.3) is 0 Å². The van der Waals surface area contributed by atoms with Gasteiger partial charge < -0.3 is 10.2 Å². The Kier molecular flexibility index (Phi) is 12.1. The zero-order valence-electron chi connectivity index (χ0n) is 19.9. The van der Waals surface area contributed by atoms with E-state index in [0.29, 0.717) is 12.0 Å². The predicted octanol–water partition coefficient (Wildman–Crippen LogP) is 8.33. The maximum atomic E-state index is 10.0. The molecular weight excluding hydrogens is 356 g/mol. The van der Waals surface area contributed by atoms with Crippen molar-refractivity contribution in [3.63, 3.8) is 0 Å². The predicted molar refractivity (Wildman–Crippen MR) is 127 cm³/mol. The number of aryl methyl sites for hydroxylation is 1. The van der Waals surface area contributed by atoms with Crippen LogP contribution in [0.4, 0.5) is 0 Å². The molecule has 0 saturated carbocycles. The molecule has 2 nitrogen and oxygen atoms in total. The number of hydrogen-bond donors (Lipinski definition) is 2. The number of benzene rings is 1. The summed E-state index contributed by atoms with van der Waals surface area (Å²) in [6, 6.07) is 3.32. The summed E-state index contributed by atoms with van der Waals surface area (Å²) >= 11 is 0. The maximum Gasteiger partial charge on any atom is 0.119 e. The molecular formula is C27H46O2. The van der Waals surface area contributed by atoms with Crippen molar-refractivity contribution in [2.24, 2.45) is 17.8 Å². The topological polar surface area (TPSA) is 40.5 Å². The number of phenols is 2. The lowest BCUT2D eigenvalue weighted by Gasteiger charge is -2.15. The van der Waals surface area contributed by atoms with E-state index >= 15 is 0 Å².